The van der Waals surface area contributed by atoms with Gasteiger partial charge in [0.05, 0.1) is 11.1 Å². The van der Waals surface area contributed by atoms with Gasteiger partial charge in [-0.05, 0) is 18.2 Å². The highest BCUT2D eigenvalue weighted by Gasteiger charge is 2.30. The highest BCUT2D eigenvalue weighted by atomic mass is 79.9. The number of rotatable bonds is 1. The zero-order valence-corrected chi connectivity index (χ0v) is 10.1. The van der Waals surface area contributed by atoms with E-state index < -0.39 is 5.82 Å². The van der Waals surface area contributed by atoms with Crippen molar-refractivity contribution in [3.05, 3.63) is 28.5 Å². The molecular formula is C10H8BrClFNO. The number of amides is 1. The lowest BCUT2D eigenvalue weighted by Crippen LogP contribution is -2.25. The number of anilines is 1. The maximum absolute atomic E-state index is 13.5. The molecule has 1 aromatic carbocycles. The summed E-state index contributed by atoms with van der Waals surface area (Å²) < 4.78 is 14.2. The molecule has 80 valence electrons. The summed E-state index contributed by atoms with van der Waals surface area (Å²) in [5, 5.41) is -0.226. The van der Waals surface area contributed by atoms with Crippen molar-refractivity contribution in [3.63, 3.8) is 0 Å². The minimum atomic E-state index is -0.405. The first kappa shape index (κ1) is 10.9. The van der Waals surface area contributed by atoms with Crippen LogP contribution >= 0.6 is 27.5 Å². The van der Waals surface area contributed by atoms with Gasteiger partial charge in [0.15, 0.2) is 0 Å². The van der Waals surface area contributed by atoms with E-state index in [1.807, 2.05) is 0 Å². The molecule has 0 spiro atoms. The summed E-state index contributed by atoms with van der Waals surface area (Å²) in [6, 6.07) is 4.51. The van der Waals surface area contributed by atoms with Gasteiger partial charge in [-0.15, -0.1) is 11.6 Å². The van der Waals surface area contributed by atoms with E-state index in [0.717, 1.165) is 4.47 Å². The van der Waals surface area contributed by atoms with Crippen LogP contribution in [0.15, 0.2) is 22.7 Å². The fraction of sp³-hybridized carbons (Fsp3) is 0.300. The third-order valence-corrected chi connectivity index (χ3v) is 3.06. The van der Waals surface area contributed by atoms with Crippen molar-refractivity contribution in [2.24, 2.45) is 0 Å². The Labute approximate surface area is 100 Å². The van der Waals surface area contributed by atoms with Gasteiger partial charge in [0.25, 0.3) is 0 Å². The molecule has 1 heterocycles. The number of carbonyl (C=O) groups is 1. The Kier molecular flexibility index (Phi) is 2.98. The molecule has 1 aliphatic heterocycles. The second-order valence-corrected chi connectivity index (χ2v) is 4.93. The molecule has 15 heavy (non-hydrogen) atoms. The number of carbonyl (C=O) groups excluding carboxylic acids is 1. The molecule has 0 aromatic heterocycles. The quantitative estimate of drug-likeness (QED) is 0.729. The van der Waals surface area contributed by atoms with Gasteiger partial charge in [0, 0.05) is 17.4 Å². The predicted octanol–water partition coefficient (Wildman–Crippen LogP) is 2.93. The van der Waals surface area contributed by atoms with Crippen molar-refractivity contribution in [1.29, 1.82) is 0 Å². The van der Waals surface area contributed by atoms with Crippen LogP contribution in [0.4, 0.5) is 10.1 Å². The van der Waals surface area contributed by atoms with Gasteiger partial charge in [0.2, 0.25) is 5.91 Å². The van der Waals surface area contributed by atoms with Crippen molar-refractivity contribution in [2.45, 2.75) is 11.8 Å². The van der Waals surface area contributed by atoms with Crippen LogP contribution in [-0.2, 0) is 4.79 Å². The molecule has 0 N–H and O–H groups in total. The molecule has 0 saturated carbocycles. The molecule has 1 fully saturated rings. The molecule has 5 heteroatoms. The molecule has 1 aliphatic rings. The van der Waals surface area contributed by atoms with Crippen molar-refractivity contribution in [2.75, 3.05) is 11.4 Å². The van der Waals surface area contributed by atoms with E-state index in [4.69, 9.17) is 11.6 Å². The summed E-state index contributed by atoms with van der Waals surface area (Å²) in [6.45, 7) is 0.369. The third kappa shape index (κ3) is 2.16. The maximum Gasteiger partial charge on any atom is 0.228 e. The Bertz CT molecular complexity index is 412. The normalized spacial score (nSPS) is 21.1. The number of hydrogen-bond acceptors (Lipinski definition) is 1. The van der Waals surface area contributed by atoms with E-state index in [2.05, 4.69) is 15.9 Å². The van der Waals surface area contributed by atoms with Gasteiger partial charge in [-0.3, -0.25) is 4.79 Å². The van der Waals surface area contributed by atoms with Crippen molar-refractivity contribution in [3.8, 4) is 0 Å². The SMILES string of the molecule is O=C1CC(Cl)CN1c1cc(Br)ccc1F. The number of nitrogens with zero attached hydrogens (tertiary/aromatic N) is 1. The first-order chi connectivity index (χ1) is 7.08. The highest BCUT2D eigenvalue weighted by molar-refractivity contribution is 9.10. The van der Waals surface area contributed by atoms with E-state index in [0.29, 0.717) is 6.54 Å². The Morgan fingerprint density at radius 2 is 2.27 bits per heavy atom. The molecule has 0 bridgehead atoms. The molecule has 2 nitrogen and oxygen atoms in total. The van der Waals surface area contributed by atoms with Crippen LogP contribution in [0.3, 0.4) is 0 Å². The van der Waals surface area contributed by atoms with Gasteiger partial charge < -0.3 is 4.90 Å². The van der Waals surface area contributed by atoms with Crippen LogP contribution in [0, 0.1) is 5.82 Å². The lowest BCUT2D eigenvalue weighted by Gasteiger charge is -2.16. The van der Waals surface area contributed by atoms with Crippen LogP contribution in [0.5, 0.6) is 0 Å². The second kappa shape index (κ2) is 4.10. The zero-order valence-electron chi connectivity index (χ0n) is 7.71. The number of benzene rings is 1. The number of alkyl halides is 1. The number of halogens is 3. The Hall–Kier alpha value is -0.610. The second-order valence-electron chi connectivity index (χ2n) is 3.40. The molecule has 0 aliphatic carbocycles. The molecular weight excluding hydrogens is 284 g/mol. The Morgan fingerprint density at radius 3 is 2.87 bits per heavy atom. The van der Waals surface area contributed by atoms with Gasteiger partial charge in [0.1, 0.15) is 5.82 Å². The molecule has 2 rings (SSSR count). The van der Waals surface area contributed by atoms with Crippen LogP contribution in [0.2, 0.25) is 0 Å². The van der Waals surface area contributed by atoms with Crippen LogP contribution < -0.4 is 4.90 Å². The summed E-state index contributed by atoms with van der Waals surface area (Å²) in [5.41, 5.74) is 0.289. The fourth-order valence-electron chi connectivity index (χ4n) is 1.59. The number of hydrogen-bond donors (Lipinski definition) is 0. The van der Waals surface area contributed by atoms with Gasteiger partial charge in [-0.2, -0.15) is 0 Å². The molecule has 1 atom stereocenters. The minimum absolute atomic E-state index is 0.132. The highest BCUT2D eigenvalue weighted by Crippen LogP contribution is 2.29. The third-order valence-electron chi connectivity index (χ3n) is 2.28. The summed E-state index contributed by atoms with van der Waals surface area (Å²) in [7, 11) is 0. The standard InChI is InChI=1S/C10H8BrClFNO/c11-6-1-2-8(13)9(3-6)14-5-7(12)4-10(14)15/h1-3,7H,4-5H2. The van der Waals surface area contributed by atoms with E-state index in [1.165, 1.54) is 11.0 Å². The maximum atomic E-state index is 13.5. The zero-order chi connectivity index (χ0) is 11.0. The first-order valence-electron chi connectivity index (χ1n) is 4.47. The van der Waals surface area contributed by atoms with Gasteiger partial charge in [-0.1, -0.05) is 15.9 Å². The summed E-state index contributed by atoms with van der Waals surface area (Å²) >= 11 is 9.09. The summed E-state index contributed by atoms with van der Waals surface area (Å²) in [6.07, 6.45) is 0.271. The fourth-order valence-corrected chi connectivity index (χ4v) is 2.21. The van der Waals surface area contributed by atoms with Crippen LogP contribution in [0.25, 0.3) is 0 Å². The van der Waals surface area contributed by atoms with Crippen molar-refractivity contribution < 1.29 is 9.18 Å². The van der Waals surface area contributed by atoms with Crippen molar-refractivity contribution in [1.82, 2.24) is 0 Å². The lowest BCUT2D eigenvalue weighted by atomic mass is 10.3. The molecule has 1 amide bonds. The van der Waals surface area contributed by atoms with Crippen molar-refractivity contribution >= 4 is 39.1 Å². The monoisotopic (exact) mass is 291 g/mol. The Balaban J connectivity index is 2.37. The predicted molar refractivity (Wildman–Crippen MR) is 60.7 cm³/mol. The Morgan fingerprint density at radius 1 is 1.53 bits per heavy atom. The topological polar surface area (TPSA) is 20.3 Å². The first-order valence-corrected chi connectivity index (χ1v) is 5.70. The van der Waals surface area contributed by atoms with E-state index in [-0.39, 0.29) is 23.4 Å². The van der Waals surface area contributed by atoms with E-state index in [9.17, 15) is 9.18 Å². The molecule has 1 unspecified atom stereocenters. The minimum Gasteiger partial charge on any atom is -0.308 e. The van der Waals surface area contributed by atoms with Gasteiger partial charge >= 0.3 is 0 Å². The summed E-state index contributed by atoms with van der Waals surface area (Å²) in [5.74, 6) is -0.538. The average molecular weight is 293 g/mol. The largest absolute Gasteiger partial charge is 0.308 e. The smallest absolute Gasteiger partial charge is 0.228 e. The summed E-state index contributed by atoms with van der Waals surface area (Å²) in [4.78, 5) is 12.9. The van der Waals surface area contributed by atoms with E-state index in [1.54, 1.807) is 12.1 Å². The van der Waals surface area contributed by atoms with Crippen LogP contribution in [-0.4, -0.2) is 17.8 Å². The van der Waals surface area contributed by atoms with E-state index >= 15 is 0 Å². The van der Waals surface area contributed by atoms with Crippen LogP contribution in [0.1, 0.15) is 6.42 Å². The lowest BCUT2D eigenvalue weighted by molar-refractivity contribution is -0.117. The molecule has 1 aromatic rings. The average Bonchev–Trinajstić information content (AvgIpc) is 2.50. The molecule has 1 saturated heterocycles. The molecule has 0 radical (unpaired) electrons. The van der Waals surface area contributed by atoms with Gasteiger partial charge in [-0.25, -0.2) is 4.39 Å².